The largest absolute Gasteiger partial charge is 0.451 e. The van der Waals surface area contributed by atoms with Crippen LogP contribution in [0.15, 0.2) is 36.5 Å². The molecule has 1 saturated carbocycles. The van der Waals surface area contributed by atoms with Crippen molar-refractivity contribution < 1.29 is 18.3 Å². The summed E-state index contributed by atoms with van der Waals surface area (Å²) in [6.45, 7) is 2.73. The van der Waals surface area contributed by atoms with Gasteiger partial charge < -0.3 is 4.74 Å². The summed E-state index contributed by atoms with van der Waals surface area (Å²) in [5.41, 5.74) is 2.52. The predicted octanol–water partition coefficient (Wildman–Crippen LogP) is 5.55. The van der Waals surface area contributed by atoms with Gasteiger partial charge in [0, 0.05) is 17.7 Å². The monoisotopic (exact) mass is 439 g/mol. The van der Waals surface area contributed by atoms with E-state index < -0.39 is 18.6 Å². The zero-order valence-electron chi connectivity index (χ0n) is 18.0. The first-order chi connectivity index (χ1) is 15.3. The van der Waals surface area contributed by atoms with Crippen molar-refractivity contribution in [1.29, 1.82) is 0 Å². The second-order valence-electron chi connectivity index (χ2n) is 8.44. The number of esters is 1. The lowest BCUT2D eigenvalue weighted by atomic mass is 10.1. The van der Waals surface area contributed by atoms with E-state index in [1.54, 1.807) is 48.1 Å². The number of halogens is 2. The van der Waals surface area contributed by atoms with Gasteiger partial charge in [0.15, 0.2) is 17.6 Å². The molecule has 1 atom stereocenters. The zero-order valence-corrected chi connectivity index (χ0v) is 18.0. The van der Waals surface area contributed by atoms with E-state index >= 15 is 0 Å². The molecule has 0 radical (unpaired) electrons. The van der Waals surface area contributed by atoms with Gasteiger partial charge in [-0.3, -0.25) is 4.57 Å². The van der Waals surface area contributed by atoms with Crippen molar-refractivity contribution in [2.45, 2.75) is 58.2 Å². The highest BCUT2D eigenvalue weighted by atomic mass is 19.3. The molecule has 1 aliphatic rings. The SMILES string of the molecule is CC(OC(=O)c1cc(C2CC2)nc2c1cnn2C(C)C)c1nc2ccccc2n1C(F)F. The maximum Gasteiger partial charge on any atom is 0.339 e. The highest BCUT2D eigenvalue weighted by Gasteiger charge is 2.30. The molecule has 3 heterocycles. The first kappa shape index (κ1) is 20.5. The Morgan fingerprint density at radius 1 is 1.16 bits per heavy atom. The molecule has 9 heteroatoms. The average molecular weight is 439 g/mol. The Hall–Kier alpha value is -3.36. The second kappa shape index (κ2) is 7.65. The molecule has 0 bridgehead atoms. The van der Waals surface area contributed by atoms with Gasteiger partial charge in [-0.2, -0.15) is 13.9 Å². The summed E-state index contributed by atoms with van der Waals surface area (Å²) in [4.78, 5) is 22.2. The van der Waals surface area contributed by atoms with Gasteiger partial charge in [-0.15, -0.1) is 0 Å². The van der Waals surface area contributed by atoms with Crippen LogP contribution in [0.25, 0.3) is 22.1 Å². The van der Waals surface area contributed by atoms with E-state index in [4.69, 9.17) is 9.72 Å². The number of ether oxygens (including phenoxy) is 1. The van der Waals surface area contributed by atoms with E-state index in [1.165, 1.54) is 0 Å². The summed E-state index contributed by atoms with van der Waals surface area (Å²) in [6.07, 6.45) is 2.68. The molecular weight excluding hydrogens is 416 g/mol. The smallest absolute Gasteiger partial charge is 0.339 e. The highest BCUT2D eigenvalue weighted by molar-refractivity contribution is 6.02. The first-order valence-corrected chi connectivity index (χ1v) is 10.7. The number of alkyl halides is 2. The molecule has 0 amide bonds. The number of fused-ring (bicyclic) bond motifs is 2. The molecule has 1 aromatic carbocycles. The third-order valence-corrected chi connectivity index (χ3v) is 5.76. The summed E-state index contributed by atoms with van der Waals surface area (Å²) in [5, 5.41) is 4.98. The lowest BCUT2D eigenvalue weighted by Crippen LogP contribution is -2.15. The van der Waals surface area contributed by atoms with Crippen molar-refractivity contribution >= 4 is 28.0 Å². The van der Waals surface area contributed by atoms with E-state index in [0.717, 1.165) is 23.1 Å². The summed E-state index contributed by atoms with van der Waals surface area (Å²) >= 11 is 0. The van der Waals surface area contributed by atoms with Crippen LogP contribution in [-0.4, -0.2) is 30.3 Å². The molecule has 166 valence electrons. The number of imidazole rings is 1. The molecule has 4 aromatic rings. The molecule has 1 fully saturated rings. The molecule has 1 aliphatic carbocycles. The minimum absolute atomic E-state index is 0.000131. The fraction of sp³-hybridized carbons (Fsp3) is 0.391. The van der Waals surface area contributed by atoms with Gasteiger partial charge >= 0.3 is 12.5 Å². The van der Waals surface area contributed by atoms with E-state index in [0.29, 0.717) is 33.5 Å². The van der Waals surface area contributed by atoms with Crippen LogP contribution >= 0.6 is 0 Å². The highest BCUT2D eigenvalue weighted by Crippen LogP contribution is 2.40. The molecule has 3 aromatic heterocycles. The van der Waals surface area contributed by atoms with Crippen LogP contribution in [0.1, 0.15) is 80.1 Å². The predicted molar refractivity (Wildman–Crippen MR) is 115 cm³/mol. The van der Waals surface area contributed by atoms with E-state index in [1.807, 2.05) is 13.8 Å². The molecule has 0 aliphatic heterocycles. The van der Waals surface area contributed by atoms with Crippen LogP contribution in [-0.2, 0) is 4.74 Å². The van der Waals surface area contributed by atoms with Gasteiger partial charge in [-0.25, -0.2) is 19.4 Å². The van der Waals surface area contributed by atoms with Crippen LogP contribution in [0.3, 0.4) is 0 Å². The lowest BCUT2D eigenvalue weighted by Gasteiger charge is -2.16. The van der Waals surface area contributed by atoms with Gasteiger partial charge in [0.2, 0.25) is 0 Å². The summed E-state index contributed by atoms with van der Waals surface area (Å²) in [5.74, 6) is -0.287. The minimum atomic E-state index is -2.81. The third-order valence-electron chi connectivity index (χ3n) is 5.76. The van der Waals surface area contributed by atoms with Crippen molar-refractivity contribution in [3.05, 3.63) is 53.6 Å². The second-order valence-corrected chi connectivity index (χ2v) is 8.44. The fourth-order valence-electron chi connectivity index (χ4n) is 4.00. The van der Waals surface area contributed by atoms with E-state index in [2.05, 4.69) is 10.1 Å². The standard InChI is InChI=1S/C23H23F2N5O2/c1-12(2)30-21-16(11-26-30)15(10-18(28-21)14-8-9-14)22(31)32-13(3)20-27-17-6-4-5-7-19(17)29(20)23(24)25/h4-7,10-14,23H,8-9H2,1-3H3. The minimum Gasteiger partial charge on any atom is -0.451 e. The summed E-state index contributed by atoms with van der Waals surface area (Å²) in [6, 6.07) is 8.44. The first-order valence-electron chi connectivity index (χ1n) is 10.7. The molecule has 0 spiro atoms. The third kappa shape index (κ3) is 3.41. The Bertz CT molecular complexity index is 1320. The zero-order chi connectivity index (χ0) is 22.6. The van der Waals surface area contributed by atoms with Gasteiger partial charge in [0.25, 0.3) is 0 Å². The number of rotatable bonds is 6. The molecule has 1 unspecified atom stereocenters. The Balaban J connectivity index is 1.53. The van der Waals surface area contributed by atoms with Gasteiger partial charge in [-0.05, 0) is 51.8 Å². The number of hydrogen-bond acceptors (Lipinski definition) is 5. The summed E-state index contributed by atoms with van der Waals surface area (Å²) < 4.78 is 35.9. The fourth-order valence-corrected chi connectivity index (χ4v) is 4.00. The van der Waals surface area contributed by atoms with Crippen molar-refractivity contribution in [2.75, 3.05) is 0 Å². The molecule has 7 nitrogen and oxygen atoms in total. The Morgan fingerprint density at radius 3 is 2.59 bits per heavy atom. The Labute approximate surface area is 183 Å². The number of carbonyl (C=O) groups excluding carboxylic acids is 1. The van der Waals surface area contributed by atoms with Crippen LogP contribution in [0.4, 0.5) is 8.78 Å². The topological polar surface area (TPSA) is 74.8 Å². The maximum atomic E-state index is 13.8. The number of para-hydroxylation sites is 2. The van der Waals surface area contributed by atoms with Crippen LogP contribution in [0.2, 0.25) is 0 Å². The summed E-state index contributed by atoms with van der Waals surface area (Å²) in [7, 11) is 0. The molecular formula is C23H23F2N5O2. The number of hydrogen-bond donors (Lipinski definition) is 0. The molecule has 0 N–H and O–H groups in total. The maximum absolute atomic E-state index is 13.8. The Kier molecular flexibility index (Phi) is 4.91. The molecule has 5 rings (SSSR count). The number of carbonyl (C=O) groups is 1. The molecule has 32 heavy (non-hydrogen) atoms. The number of benzene rings is 1. The van der Waals surface area contributed by atoms with Gasteiger partial charge in [-0.1, -0.05) is 12.1 Å². The van der Waals surface area contributed by atoms with Crippen LogP contribution in [0, 0.1) is 0 Å². The van der Waals surface area contributed by atoms with Crippen molar-refractivity contribution in [3.63, 3.8) is 0 Å². The quantitative estimate of drug-likeness (QED) is 0.368. The van der Waals surface area contributed by atoms with Gasteiger partial charge in [0.1, 0.15) is 0 Å². The number of pyridine rings is 1. The van der Waals surface area contributed by atoms with Crippen molar-refractivity contribution in [3.8, 4) is 0 Å². The number of nitrogens with zero attached hydrogens (tertiary/aromatic N) is 5. The normalized spacial score (nSPS) is 15.2. The van der Waals surface area contributed by atoms with E-state index in [9.17, 15) is 13.6 Å². The van der Waals surface area contributed by atoms with Crippen molar-refractivity contribution in [1.82, 2.24) is 24.3 Å². The number of aromatic nitrogens is 5. The van der Waals surface area contributed by atoms with Crippen LogP contribution in [0.5, 0.6) is 0 Å². The molecule has 0 saturated heterocycles. The Morgan fingerprint density at radius 2 is 1.91 bits per heavy atom. The average Bonchev–Trinajstić information content (AvgIpc) is 3.39. The van der Waals surface area contributed by atoms with E-state index in [-0.39, 0.29) is 11.9 Å². The van der Waals surface area contributed by atoms with Crippen LogP contribution < -0.4 is 0 Å². The lowest BCUT2D eigenvalue weighted by molar-refractivity contribution is 0.0235. The van der Waals surface area contributed by atoms with Gasteiger partial charge in [0.05, 0.1) is 28.2 Å². The van der Waals surface area contributed by atoms with Crippen molar-refractivity contribution in [2.24, 2.45) is 0 Å².